The van der Waals surface area contributed by atoms with Gasteiger partial charge < -0.3 is 10.4 Å². The lowest BCUT2D eigenvalue weighted by atomic mass is 9.82. The highest BCUT2D eigenvalue weighted by atomic mass is 79.9. The quantitative estimate of drug-likeness (QED) is 0.800. The maximum absolute atomic E-state index is 12.5. The molecule has 1 aromatic carbocycles. The highest BCUT2D eigenvalue weighted by Gasteiger charge is 2.51. The molecule has 0 radical (unpaired) electrons. The standard InChI is InChI=1S/C15H13BrClNO3/c16-9-3-4-10(17)11(6-9)18-14(19)12-7-1-2-8(5-7)13(12)15(20)21/h1-4,6-8,12-13H,5H2,(H,18,19)(H,20,21)/t7?,8?,12-,13+/m0/s1. The maximum Gasteiger partial charge on any atom is 0.307 e. The van der Waals surface area contributed by atoms with E-state index >= 15 is 0 Å². The van der Waals surface area contributed by atoms with Crippen LogP contribution in [0, 0.1) is 23.7 Å². The molecule has 6 heteroatoms. The number of hydrogen-bond donors (Lipinski definition) is 2. The third-order valence-electron chi connectivity index (χ3n) is 4.23. The summed E-state index contributed by atoms with van der Waals surface area (Å²) in [7, 11) is 0. The number of rotatable bonds is 3. The molecule has 1 fully saturated rings. The van der Waals surface area contributed by atoms with Crippen molar-refractivity contribution >= 4 is 45.1 Å². The molecule has 0 aromatic heterocycles. The minimum absolute atomic E-state index is 0.00188. The lowest BCUT2D eigenvalue weighted by molar-refractivity contribution is -0.146. The van der Waals surface area contributed by atoms with Gasteiger partial charge in [0.1, 0.15) is 0 Å². The Hall–Kier alpha value is -1.33. The van der Waals surface area contributed by atoms with Gasteiger partial charge in [-0.05, 0) is 36.5 Å². The molecule has 1 amide bonds. The fraction of sp³-hybridized carbons (Fsp3) is 0.333. The van der Waals surface area contributed by atoms with Gasteiger partial charge in [-0.25, -0.2) is 0 Å². The monoisotopic (exact) mass is 369 g/mol. The molecule has 21 heavy (non-hydrogen) atoms. The molecule has 110 valence electrons. The number of halogens is 2. The number of nitrogens with one attached hydrogen (secondary N) is 1. The molecule has 2 unspecified atom stereocenters. The molecular weight excluding hydrogens is 358 g/mol. The summed E-state index contributed by atoms with van der Waals surface area (Å²) in [6.07, 6.45) is 4.61. The molecule has 0 heterocycles. The molecule has 3 rings (SSSR count). The van der Waals surface area contributed by atoms with E-state index in [0.717, 1.165) is 10.9 Å². The van der Waals surface area contributed by atoms with Gasteiger partial charge in [0, 0.05) is 4.47 Å². The maximum atomic E-state index is 12.5. The van der Waals surface area contributed by atoms with Gasteiger partial charge in [-0.3, -0.25) is 9.59 Å². The van der Waals surface area contributed by atoms with Crippen molar-refractivity contribution in [3.8, 4) is 0 Å². The minimum atomic E-state index is -0.910. The number of aliphatic carboxylic acids is 1. The van der Waals surface area contributed by atoms with Crippen molar-refractivity contribution < 1.29 is 14.7 Å². The normalized spacial score (nSPS) is 29.6. The average Bonchev–Trinajstić information content (AvgIpc) is 3.03. The molecule has 1 saturated carbocycles. The highest BCUT2D eigenvalue weighted by Crippen LogP contribution is 2.48. The molecule has 1 aromatic rings. The van der Waals surface area contributed by atoms with E-state index in [9.17, 15) is 14.7 Å². The van der Waals surface area contributed by atoms with E-state index in [1.807, 2.05) is 12.2 Å². The Bertz CT molecular complexity index is 646. The number of benzene rings is 1. The molecule has 4 nitrogen and oxygen atoms in total. The van der Waals surface area contributed by atoms with Gasteiger partial charge in [0.05, 0.1) is 22.5 Å². The Kier molecular flexibility index (Phi) is 3.80. The van der Waals surface area contributed by atoms with Crippen LogP contribution in [0.2, 0.25) is 5.02 Å². The van der Waals surface area contributed by atoms with Crippen molar-refractivity contribution in [2.75, 3.05) is 5.32 Å². The smallest absolute Gasteiger partial charge is 0.307 e. The van der Waals surface area contributed by atoms with E-state index < -0.39 is 17.8 Å². The molecule has 2 N–H and O–H groups in total. The Morgan fingerprint density at radius 1 is 1.24 bits per heavy atom. The topological polar surface area (TPSA) is 66.4 Å². The number of carboxylic acids is 1. The van der Waals surface area contributed by atoms with Gasteiger partial charge in [0.2, 0.25) is 5.91 Å². The highest BCUT2D eigenvalue weighted by molar-refractivity contribution is 9.10. The predicted molar refractivity (Wildman–Crippen MR) is 83.1 cm³/mol. The zero-order chi connectivity index (χ0) is 15.1. The van der Waals surface area contributed by atoms with E-state index in [0.29, 0.717) is 10.7 Å². The van der Waals surface area contributed by atoms with Crippen LogP contribution in [-0.2, 0) is 9.59 Å². The predicted octanol–water partition coefficient (Wildman–Crippen LogP) is 3.56. The molecule has 0 saturated heterocycles. The van der Waals surface area contributed by atoms with Crippen molar-refractivity contribution in [1.82, 2.24) is 0 Å². The van der Waals surface area contributed by atoms with E-state index in [2.05, 4.69) is 21.2 Å². The number of fused-ring (bicyclic) bond motifs is 2. The third kappa shape index (κ3) is 2.60. The number of carboxylic acid groups (broad SMARTS) is 1. The molecule has 4 atom stereocenters. The van der Waals surface area contributed by atoms with Crippen molar-refractivity contribution in [3.63, 3.8) is 0 Å². The number of carbonyl (C=O) groups is 2. The SMILES string of the molecule is O=C(O)[C@@H]1C2C=CC(C2)[C@@H]1C(=O)Nc1cc(Br)ccc1Cl. The van der Waals surface area contributed by atoms with E-state index in [1.54, 1.807) is 18.2 Å². The van der Waals surface area contributed by atoms with Crippen LogP contribution in [0.1, 0.15) is 6.42 Å². The zero-order valence-corrected chi connectivity index (χ0v) is 13.3. The summed E-state index contributed by atoms with van der Waals surface area (Å²) in [6.45, 7) is 0. The number of anilines is 1. The van der Waals surface area contributed by atoms with Crippen LogP contribution in [0.3, 0.4) is 0 Å². The van der Waals surface area contributed by atoms with Crippen LogP contribution in [0.25, 0.3) is 0 Å². The summed E-state index contributed by atoms with van der Waals surface area (Å²) >= 11 is 9.38. The van der Waals surface area contributed by atoms with Crippen molar-refractivity contribution in [1.29, 1.82) is 0 Å². The van der Waals surface area contributed by atoms with Crippen LogP contribution in [0.15, 0.2) is 34.8 Å². The molecule has 0 spiro atoms. The van der Waals surface area contributed by atoms with Gasteiger partial charge in [0.25, 0.3) is 0 Å². The van der Waals surface area contributed by atoms with E-state index in [-0.39, 0.29) is 17.7 Å². The molecule has 2 bridgehead atoms. The largest absolute Gasteiger partial charge is 0.481 e. The fourth-order valence-corrected chi connectivity index (χ4v) is 3.85. The van der Waals surface area contributed by atoms with Crippen LogP contribution >= 0.6 is 27.5 Å². The molecule has 0 aliphatic heterocycles. The first-order valence-corrected chi connectivity index (χ1v) is 7.81. The van der Waals surface area contributed by atoms with E-state index in [1.165, 1.54) is 0 Å². The van der Waals surface area contributed by atoms with Crippen molar-refractivity contribution in [3.05, 3.63) is 39.8 Å². The minimum Gasteiger partial charge on any atom is -0.481 e. The second kappa shape index (κ2) is 5.46. The van der Waals surface area contributed by atoms with Crippen LogP contribution < -0.4 is 5.32 Å². The third-order valence-corrected chi connectivity index (χ3v) is 5.06. The molecule has 2 aliphatic carbocycles. The number of carbonyl (C=O) groups excluding carboxylic acids is 1. The lowest BCUT2D eigenvalue weighted by Gasteiger charge is -2.24. The van der Waals surface area contributed by atoms with Crippen LogP contribution in [0.4, 0.5) is 5.69 Å². The Balaban J connectivity index is 1.83. The van der Waals surface area contributed by atoms with Gasteiger partial charge in [-0.2, -0.15) is 0 Å². The first-order valence-electron chi connectivity index (χ1n) is 6.64. The lowest BCUT2D eigenvalue weighted by Crippen LogP contribution is -2.36. The molecular formula is C15H13BrClNO3. The number of allylic oxidation sites excluding steroid dienone is 2. The first-order chi connectivity index (χ1) is 9.97. The summed E-state index contributed by atoms with van der Waals surface area (Å²) in [6, 6.07) is 5.16. The van der Waals surface area contributed by atoms with Gasteiger partial charge in [-0.15, -0.1) is 0 Å². The summed E-state index contributed by atoms with van der Waals surface area (Å²) in [4.78, 5) is 23.9. The first kappa shape index (κ1) is 14.6. The van der Waals surface area contributed by atoms with Crippen molar-refractivity contribution in [2.24, 2.45) is 23.7 Å². The Labute approximate surface area is 135 Å². The Morgan fingerprint density at radius 3 is 2.57 bits per heavy atom. The summed E-state index contributed by atoms with van der Waals surface area (Å²) < 4.78 is 0.796. The van der Waals surface area contributed by atoms with Crippen LogP contribution in [0.5, 0.6) is 0 Å². The average molecular weight is 371 g/mol. The Morgan fingerprint density at radius 2 is 1.90 bits per heavy atom. The molecule has 2 aliphatic rings. The van der Waals surface area contributed by atoms with Gasteiger partial charge >= 0.3 is 5.97 Å². The van der Waals surface area contributed by atoms with E-state index in [4.69, 9.17) is 11.6 Å². The van der Waals surface area contributed by atoms with Crippen LogP contribution in [-0.4, -0.2) is 17.0 Å². The number of hydrogen-bond acceptors (Lipinski definition) is 2. The summed E-state index contributed by atoms with van der Waals surface area (Å²) in [5.41, 5.74) is 0.493. The van der Waals surface area contributed by atoms with Gasteiger partial charge in [0.15, 0.2) is 0 Å². The van der Waals surface area contributed by atoms with Gasteiger partial charge in [-0.1, -0.05) is 39.7 Å². The zero-order valence-electron chi connectivity index (χ0n) is 10.9. The summed E-state index contributed by atoms with van der Waals surface area (Å²) in [5, 5.41) is 12.6. The fourth-order valence-electron chi connectivity index (χ4n) is 3.33. The van der Waals surface area contributed by atoms with Crippen molar-refractivity contribution in [2.45, 2.75) is 6.42 Å². The second-order valence-electron chi connectivity index (χ2n) is 5.45. The summed E-state index contributed by atoms with van der Waals surface area (Å²) in [5.74, 6) is -2.41. The number of amides is 1. The second-order valence-corrected chi connectivity index (χ2v) is 6.77.